The molecular weight excluding hydrogens is 735 g/mol. The van der Waals surface area contributed by atoms with Crippen molar-refractivity contribution >= 4 is 62.6 Å². The average molecular weight is 771 g/mol. The van der Waals surface area contributed by atoms with Gasteiger partial charge < -0.3 is 28.7 Å². The van der Waals surface area contributed by atoms with Crippen LogP contribution in [-0.4, -0.2) is 50.3 Å². The number of benzene rings is 2. The Hall–Kier alpha value is -4.34. The van der Waals surface area contributed by atoms with E-state index in [1.165, 1.54) is 24.3 Å². The number of ether oxygens (including phenoxy) is 4. The molecule has 0 saturated heterocycles. The lowest BCUT2D eigenvalue weighted by Gasteiger charge is -2.23. The highest BCUT2D eigenvalue weighted by Gasteiger charge is 2.27. The van der Waals surface area contributed by atoms with Gasteiger partial charge in [-0.05, 0) is 81.5 Å². The SMILES string of the molecule is CC(C)(C)OC(=O)CN(c1ccc2c(ccn2CC(=O)OC(Cc2c(Cl)c[n+]([O-])cc2Cl)c2ccc(OC(F)F)c(OCC3CC3)c2)c1)[SH](=O)=O. The lowest BCUT2D eigenvalue weighted by molar-refractivity contribution is -0.605. The number of rotatable bonds is 15. The largest absolute Gasteiger partial charge is 0.619 e. The summed E-state index contributed by atoms with van der Waals surface area (Å²) in [6, 6.07) is 10.5. The number of nitrogens with zero attached hydrogens (tertiary/aromatic N) is 3. The number of hydrogen-bond donors (Lipinski definition) is 1. The van der Waals surface area contributed by atoms with Crippen LogP contribution in [0.1, 0.15) is 50.8 Å². The van der Waals surface area contributed by atoms with Crippen molar-refractivity contribution in [1.82, 2.24) is 4.57 Å². The summed E-state index contributed by atoms with van der Waals surface area (Å²) in [5, 5.41) is 12.5. The van der Waals surface area contributed by atoms with Gasteiger partial charge in [0.2, 0.25) is 10.9 Å². The summed E-state index contributed by atoms with van der Waals surface area (Å²) in [5.41, 5.74) is 0.649. The highest BCUT2D eigenvalue weighted by atomic mass is 35.5. The molecule has 2 heterocycles. The van der Waals surface area contributed by atoms with Crippen molar-refractivity contribution in [2.75, 3.05) is 17.5 Å². The molecule has 274 valence electrons. The van der Waals surface area contributed by atoms with Gasteiger partial charge in [0.1, 0.15) is 34.8 Å². The van der Waals surface area contributed by atoms with Crippen LogP contribution in [-0.2, 0) is 42.9 Å². The van der Waals surface area contributed by atoms with Crippen LogP contribution in [0.4, 0.5) is 14.5 Å². The minimum absolute atomic E-state index is 0.0224. The molecule has 2 aromatic heterocycles. The van der Waals surface area contributed by atoms with Crippen molar-refractivity contribution in [2.45, 2.75) is 64.9 Å². The minimum atomic E-state index is -3.19. The molecule has 1 aliphatic carbocycles. The molecule has 1 aliphatic rings. The van der Waals surface area contributed by atoms with Crippen LogP contribution >= 0.6 is 23.2 Å². The molecule has 12 nitrogen and oxygen atoms in total. The number of hydrogen-bond acceptors (Lipinski definition) is 9. The second-order valence-corrected chi connectivity index (χ2v) is 14.7. The molecule has 2 aromatic carbocycles. The van der Waals surface area contributed by atoms with E-state index in [9.17, 15) is 32.0 Å². The predicted octanol–water partition coefficient (Wildman–Crippen LogP) is 6.17. The number of alkyl halides is 2. The maximum atomic E-state index is 13.5. The second-order valence-electron chi connectivity index (χ2n) is 12.9. The lowest BCUT2D eigenvalue weighted by atomic mass is 10.0. The standard InChI is InChI=1S/C34H35Cl2F2N3O9S/c1-34(2,3)50-32(43)18-41(51(45)46)23-7-8-27-21(12-23)10-11-39(27)17-31(42)48-29(14-24-25(35)15-40(44)16-26(24)36)22-6-9-28(49-33(37)38)30(13-22)47-19-20-4-5-20/h6-13,15-16,20,29,33,51H,4-5,14,17-19H2,1-3H3. The Labute approximate surface area is 304 Å². The summed E-state index contributed by atoms with van der Waals surface area (Å²) < 4.78 is 75.1. The summed E-state index contributed by atoms with van der Waals surface area (Å²) in [6.45, 7) is 1.40. The van der Waals surface area contributed by atoms with E-state index < -0.39 is 47.7 Å². The summed E-state index contributed by atoms with van der Waals surface area (Å²) in [4.78, 5) is 25.9. The molecule has 17 heteroatoms. The van der Waals surface area contributed by atoms with Crippen LogP contribution in [0.5, 0.6) is 11.5 Å². The summed E-state index contributed by atoms with van der Waals surface area (Å²) in [6.07, 6.45) is 4.56. The van der Waals surface area contributed by atoms with Crippen LogP contribution in [0, 0.1) is 11.1 Å². The molecule has 1 atom stereocenters. The first kappa shape index (κ1) is 37.9. The van der Waals surface area contributed by atoms with E-state index in [-0.39, 0.29) is 40.2 Å². The molecule has 0 aliphatic heterocycles. The third kappa shape index (κ3) is 10.4. The fourth-order valence-corrected chi connectivity index (χ4v) is 6.36. The number of fused-ring (bicyclic) bond motifs is 1. The highest BCUT2D eigenvalue weighted by Crippen LogP contribution is 2.38. The maximum absolute atomic E-state index is 13.5. The molecule has 1 fully saturated rings. The van der Waals surface area contributed by atoms with Crippen molar-refractivity contribution < 1.29 is 50.5 Å². The number of thiol groups is 1. The first-order valence-electron chi connectivity index (χ1n) is 15.8. The smallest absolute Gasteiger partial charge is 0.387 e. The monoisotopic (exact) mass is 769 g/mol. The highest BCUT2D eigenvalue weighted by molar-refractivity contribution is 7.74. The lowest BCUT2D eigenvalue weighted by Crippen LogP contribution is -2.34. The zero-order valence-corrected chi connectivity index (χ0v) is 30.1. The van der Waals surface area contributed by atoms with E-state index >= 15 is 0 Å². The number of halogens is 4. The van der Waals surface area contributed by atoms with Crippen LogP contribution in [0.2, 0.25) is 10.0 Å². The summed E-state index contributed by atoms with van der Waals surface area (Å²) >= 11 is 12.7. The Morgan fingerprint density at radius 2 is 1.75 bits per heavy atom. The number of carbonyl (C=O) groups is 2. The molecule has 5 rings (SSSR count). The molecule has 0 amide bonds. The zero-order chi connectivity index (χ0) is 37.0. The Bertz CT molecular complexity index is 1970. The Kier molecular flexibility index (Phi) is 11.8. The summed E-state index contributed by atoms with van der Waals surface area (Å²) in [5.74, 6) is -1.28. The van der Waals surface area contributed by atoms with Crippen molar-refractivity contribution in [2.24, 2.45) is 5.92 Å². The summed E-state index contributed by atoms with van der Waals surface area (Å²) in [7, 11) is -3.19. The molecule has 0 N–H and O–H groups in total. The van der Waals surface area contributed by atoms with E-state index in [1.54, 1.807) is 49.7 Å². The van der Waals surface area contributed by atoms with Gasteiger partial charge >= 0.3 is 18.6 Å². The number of anilines is 1. The van der Waals surface area contributed by atoms with E-state index in [2.05, 4.69) is 4.74 Å². The van der Waals surface area contributed by atoms with Crippen LogP contribution < -0.4 is 18.5 Å². The van der Waals surface area contributed by atoms with Gasteiger partial charge in [0.25, 0.3) is 0 Å². The molecule has 0 bridgehead atoms. The maximum Gasteiger partial charge on any atom is 0.387 e. The van der Waals surface area contributed by atoms with E-state index in [1.807, 2.05) is 0 Å². The third-order valence-electron chi connectivity index (χ3n) is 7.70. The molecule has 4 aromatic rings. The van der Waals surface area contributed by atoms with E-state index in [0.717, 1.165) is 29.5 Å². The van der Waals surface area contributed by atoms with Gasteiger partial charge in [0, 0.05) is 29.1 Å². The topological polar surface area (TPSA) is 140 Å². The van der Waals surface area contributed by atoms with Crippen molar-refractivity contribution in [1.29, 1.82) is 0 Å². The average Bonchev–Trinajstić information content (AvgIpc) is 3.78. The fraction of sp³-hybridized carbons (Fsp3) is 0.382. The Morgan fingerprint density at radius 3 is 2.37 bits per heavy atom. The normalized spacial score (nSPS) is 13.7. The van der Waals surface area contributed by atoms with Crippen molar-refractivity contribution in [3.63, 3.8) is 0 Å². The first-order chi connectivity index (χ1) is 24.1. The van der Waals surface area contributed by atoms with Gasteiger partial charge in [-0.1, -0.05) is 29.3 Å². The van der Waals surface area contributed by atoms with Crippen LogP contribution in [0.15, 0.2) is 61.1 Å². The van der Waals surface area contributed by atoms with Crippen molar-refractivity contribution in [3.8, 4) is 11.5 Å². The fourth-order valence-electron chi connectivity index (χ4n) is 5.22. The number of esters is 2. The van der Waals surface area contributed by atoms with Gasteiger partial charge in [-0.15, -0.1) is 0 Å². The molecule has 51 heavy (non-hydrogen) atoms. The van der Waals surface area contributed by atoms with Gasteiger partial charge in [-0.3, -0.25) is 13.9 Å². The zero-order valence-electron chi connectivity index (χ0n) is 27.7. The number of pyridine rings is 1. The Morgan fingerprint density at radius 1 is 1.04 bits per heavy atom. The van der Waals surface area contributed by atoms with Gasteiger partial charge in [0.15, 0.2) is 23.9 Å². The second kappa shape index (κ2) is 15.9. The van der Waals surface area contributed by atoms with Crippen LogP contribution in [0.3, 0.4) is 0 Å². The minimum Gasteiger partial charge on any atom is -0.619 e. The molecule has 0 spiro atoms. The van der Waals surface area contributed by atoms with E-state index in [0.29, 0.717) is 39.3 Å². The molecular formula is C34H35Cl2F2N3O9S. The third-order valence-corrected chi connectivity index (χ3v) is 9.11. The number of aromatic nitrogens is 2. The predicted molar refractivity (Wildman–Crippen MR) is 185 cm³/mol. The molecule has 0 radical (unpaired) electrons. The van der Waals surface area contributed by atoms with Gasteiger partial charge in [-0.2, -0.15) is 13.5 Å². The van der Waals surface area contributed by atoms with Gasteiger partial charge in [-0.25, -0.2) is 8.42 Å². The number of carbonyl (C=O) groups excluding carboxylic acids is 2. The van der Waals surface area contributed by atoms with E-state index in [4.69, 9.17) is 37.4 Å². The first-order valence-corrected chi connectivity index (χ1v) is 17.6. The Balaban J connectivity index is 1.40. The van der Waals surface area contributed by atoms with Gasteiger partial charge in [0.05, 0.1) is 12.3 Å². The molecule has 1 saturated carbocycles. The quantitative estimate of drug-likeness (QED) is 0.0651. The molecule has 1 unspecified atom stereocenters. The van der Waals surface area contributed by atoms with Crippen LogP contribution in [0.25, 0.3) is 10.9 Å². The van der Waals surface area contributed by atoms with Crippen molar-refractivity contribution in [3.05, 3.63) is 87.4 Å².